The molecule has 2 saturated heterocycles. The molecule has 2 fully saturated rings. The standard InChI is InChI=1S/C15H15ClN2O4/c16-7-3-10-14(21-6-13(19)17-10)11(4-7)18-15(20)9-5-8-1-2-12(9)22-8/h3-4,8-9,12H,1-2,5-6H2,(H,17,19)(H,18,20)/t8-,9-,12+/m1/s1. The van der Waals surface area contributed by atoms with Crippen molar-refractivity contribution in [3.05, 3.63) is 17.2 Å². The van der Waals surface area contributed by atoms with Gasteiger partial charge in [-0.1, -0.05) is 11.6 Å². The first-order valence-electron chi connectivity index (χ1n) is 7.32. The largest absolute Gasteiger partial charge is 0.479 e. The highest BCUT2D eigenvalue weighted by Crippen LogP contribution is 2.42. The van der Waals surface area contributed by atoms with Gasteiger partial charge < -0.3 is 20.1 Å². The molecule has 0 radical (unpaired) electrons. The van der Waals surface area contributed by atoms with E-state index in [0.29, 0.717) is 22.1 Å². The van der Waals surface area contributed by atoms with E-state index >= 15 is 0 Å². The Morgan fingerprint density at radius 1 is 1.36 bits per heavy atom. The van der Waals surface area contributed by atoms with Crippen LogP contribution < -0.4 is 15.4 Å². The van der Waals surface area contributed by atoms with Gasteiger partial charge in [0.1, 0.15) is 0 Å². The van der Waals surface area contributed by atoms with Crippen LogP contribution in [0.1, 0.15) is 19.3 Å². The van der Waals surface area contributed by atoms with Crippen molar-refractivity contribution >= 4 is 34.8 Å². The summed E-state index contributed by atoms with van der Waals surface area (Å²) in [5.41, 5.74) is 0.957. The van der Waals surface area contributed by atoms with Crippen LogP contribution in [-0.2, 0) is 14.3 Å². The van der Waals surface area contributed by atoms with Crippen molar-refractivity contribution in [2.24, 2.45) is 5.92 Å². The Morgan fingerprint density at radius 2 is 2.23 bits per heavy atom. The van der Waals surface area contributed by atoms with Crippen molar-refractivity contribution in [2.75, 3.05) is 17.2 Å². The van der Waals surface area contributed by atoms with Crippen LogP contribution in [0.2, 0.25) is 5.02 Å². The molecule has 0 spiro atoms. The van der Waals surface area contributed by atoms with Crippen molar-refractivity contribution in [3.63, 3.8) is 0 Å². The van der Waals surface area contributed by atoms with E-state index in [1.54, 1.807) is 12.1 Å². The van der Waals surface area contributed by atoms with Gasteiger partial charge in [-0.15, -0.1) is 0 Å². The van der Waals surface area contributed by atoms with Gasteiger partial charge in [0, 0.05) is 5.02 Å². The predicted molar refractivity (Wildman–Crippen MR) is 80.2 cm³/mol. The smallest absolute Gasteiger partial charge is 0.262 e. The molecule has 2 N–H and O–H groups in total. The van der Waals surface area contributed by atoms with E-state index in [-0.39, 0.29) is 36.5 Å². The molecule has 1 aromatic rings. The average Bonchev–Trinajstić information content (AvgIpc) is 3.09. The van der Waals surface area contributed by atoms with E-state index in [9.17, 15) is 9.59 Å². The van der Waals surface area contributed by atoms with Gasteiger partial charge in [-0.2, -0.15) is 0 Å². The Kier molecular flexibility index (Phi) is 3.23. The summed E-state index contributed by atoms with van der Waals surface area (Å²) in [6.45, 7) is -0.0747. The molecule has 1 aromatic carbocycles. The minimum absolute atomic E-state index is 0.0145. The van der Waals surface area contributed by atoms with Crippen LogP contribution in [-0.4, -0.2) is 30.6 Å². The van der Waals surface area contributed by atoms with E-state index in [1.807, 2.05) is 0 Å². The molecule has 0 aromatic heterocycles. The number of amides is 2. The second-order valence-electron chi connectivity index (χ2n) is 5.87. The second-order valence-corrected chi connectivity index (χ2v) is 6.31. The topological polar surface area (TPSA) is 76.7 Å². The summed E-state index contributed by atoms with van der Waals surface area (Å²) >= 11 is 6.05. The number of benzene rings is 1. The molecule has 4 rings (SSSR count). The van der Waals surface area contributed by atoms with Crippen molar-refractivity contribution < 1.29 is 19.1 Å². The Balaban J connectivity index is 1.58. The fraction of sp³-hybridized carbons (Fsp3) is 0.467. The summed E-state index contributed by atoms with van der Waals surface area (Å²) in [6.07, 6.45) is 2.96. The van der Waals surface area contributed by atoms with Gasteiger partial charge >= 0.3 is 0 Å². The number of hydrogen-bond acceptors (Lipinski definition) is 4. The van der Waals surface area contributed by atoms with E-state index in [0.717, 1.165) is 19.3 Å². The number of carbonyl (C=O) groups excluding carboxylic acids is 2. The Labute approximate surface area is 132 Å². The van der Waals surface area contributed by atoms with Gasteiger partial charge in [0.2, 0.25) is 5.91 Å². The summed E-state index contributed by atoms with van der Waals surface area (Å²) in [5, 5.41) is 5.98. The molecule has 116 valence electrons. The summed E-state index contributed by atoms with van der Waals surface area (Å²) in [7, 11) is 0. The highest BCUT2D eigenvalue weighted by atomic mass is 35.5. The highest BCUT2D eigenvalue weighted by Gasteiger charge is 2.44. The zero-order valence-electron chi connectivity index (χ0n) is 11.7. The van der Waals surface area contributed by atoms with Crippen LogP contribution in [0.25, 0.3) is 0 Å². The number of ether oxygens (including phenoxy) is 2. The lowest BCUT2D eigenvalue weighted by Gasteiger charge is -2.23. The molecule has 22 heavy (non-hydrogen) atoms. The van der Waals surface area contributed by atoms with Crippen LogP contribution >= 0.6 is 11.6 Å². The zero-order chi connectivity index (χ0) is 15.3. The van der Waals surface area contributed by atoms with Gasteiger partial charge in [0.15, 0.2) is 12.4 Å². The summed E-state index contributed by atoms with van der Waals surface area (Å²) < 4.78 is 11.1. The Hall–Kier alpha value is -1.79. The van der Waals surface area contributed by atoms with Crippen molar-refractivity contribution in [1.82, 2.24) is 0 Å². The van der Waals surface area contributed by atoms with E-state index in [2.05, 4.69) is 10.6 Å². The van der Waals surface area contributed by atoms with E-state index in [1.165, 1.54) is 0 Å². The number of halogens is 1. The summed E-state index contributed by atoms with van der Waals surface area (Å²) in [4.78, 5) is 23.9. The molecule has 3 aliphatic rings. The number of hydrogen-bond donors (Lipinski definition) is 2. The molecule has 0 unspecified atom stereocenters. The third-order valence-electron chi connectivity index (χ3n) is 4.38. The molecular weight excluding hydrogens is 308 g/mol. The maximum Gasteiger partial charge on any atom is 0.262 e. The molecule has 3 aliphatic heterocycles. The molecule has 0 aliphatic carbocycles. The summed E-state index contributed by atoms with van der Waals surface area (Å²) in [6, 6.07) is 3.23. The van der Waals surface area contributed by atoms with Crippen molar-refractivity contribution in [1.29, 1.82) is 0 Å². The first kappa shape index (κ1) is 13.8. The van der Waals surface area contributed by atoms with Crippen LogP contribution in [0.3, 0.4) is 0 Å². The molecule has 7 heteroatoms. The second kappa shape index (κ2) is 5.14. The van der Waals surface area contributed by atoms with Crippen LogP contribution in [0.15, 0.2) is 12.1 Å². The zero-order valence-corrected chi connectivity index (χ0v) is 12.5. The van der Waals surface area contributed by atoms with Gasteiger partial charge in [-0.25, -0.2) is 0 Å². The predicted octanol–water partition coefficient (Wildman–Crippen LogP) is 2.18. The average molecular weight is 323 g/mol. The molecule has 6 nitrogen and oxygen atoms in total. The number of fused-ring (bicyclic) bond motifs is 3. The number of nitrogens with one attached hydrogen (secondary N) is 2. The lowest BCUT2D eigenvalue weighted by molar-refractivity contribution is -0.121. The first-order chi connectivity index (χ1) is 10.6. The van der Waals surface area contributed by atoms with E-state index < -0.39 is 0 Å². The molecule has 2 amide bonds. The highest BCUT2D eigenvalue weighted by molar-refractivity contribution is 6.31. The van der Waals surface area contributed by atoms with Gasteiger partial charge in [-0.3, -0.25) is 9.59 Å². The third-order valence-corrected chi connectivity index (χ3v) is 4.59. The maximum atomic E-state index is 12.5. The van der Waals surface area contributed by atoms with Gasteiger partial charge in [0.25, 0.3) is 5.91 Å². The normalized spacial score (nSPS) is 28.8. The first-order valence-corrected chi connectivity index (χ1v) is 7.70. The Morgan fingerprint density at radius 3 is 2.95 bits per heavy atom. The molecule has 3 atom stereocenters. The van der Waals surface area contributed by atoms with Crippen LogP contribution in [0.5, 0.6) is 5.75 Å². The Bertz CT molecular complexity index is 663. The maximum absolute atomic E-state index is 12.5. The quantitative estimate of drug-likeness (QED) is 0.875. The minimum Gasteiger partial charge on any atom is -0.479 e. The van der Waals surface area contributed by atoms with Gasteiger partial charge in [-0.05, 0) is 31.4 Å². The molecule has 2 bridgehead atoms. The fourth-order valence-electron chi connectivity index (χ4n) is 3.40. The lowest BCUT2D eigenvalue weighted by atomic mass is 9.88. The number of rotatable bonds is 2. The lowest BCUT2D eigenvalue weighted by Crippen LogP contribution is -2.31. The van der Waals surface area contributed by atoms with Crippen LogP contribution in [0, 0.1) is 5.92 Å². The molecular formula is C15H15ClN2O4. The number of carbonyl (C=O) groups is 2. The van der Waals surface area contributed by atoms with Gasteiger partial charge in [0.05, 0.1) is 29.5 Å². The molecule has 0 saturated carbocycles. The fourth-order valence-corrected chi connectivity index (χ4v) is 3.62. The SMILES string of the molecule is O=C1COc2c(cc(Cl)cc2NC(=O)[C@@H]2C[C@H]3CC[C@@H]2O3)N1. The minimum atomic E-state index is -0.242. The van der Waals surface area contributed by atoms with Crippen LogP contribution in [0.4, 0.5) is 11.4 Å². The van der Waals surface area contributed by atoms with Crippen molar-refractivity contribution in [2.45, 2.75) is 31.5 Å². The number of anilines is 2. The third kappa shape index (κ3) is 2.32. The van der Waals surface area contributed by atoms with Crippen molar-refractivity contribution in [3.8, 4) is 5.75 Å². The molecule has 3 heterocycles. The van der Waals surface area contributed by atoms with E-state index in [4.69, 9.17) is 21.1 Å². The summed E-state index contributed by atoms with van der Waals surface area (Å²) in [5.74, 6) is -0.0151. The monoisotopic (exact) mass is 322 g/mol.